The minimum Gasteiger partial charge on any atom is -0.358 e. The molecule has 0 aliphatic carbocycles. The number of carbonyl (C=O) groups excluding carboxylic acids is 1. The van der Waals surface area contributed by atoms with E-state index in [1.165, 1.54) is 34.3 Å². The molecular weight excluding hydrogens is 315 g/mol. The zero-order valence-corrected chi connectivity index (χ0v) is 14.1. The van der Waals surface area contributed by atoms with Crippen molar-refractivity contribution >= 4 is 16.7 Å². The molecule has 4 rings (SSSR count). The van der Waals surface area contributed by atoms with Crippen molar-refractivity contribution in [2.45, 2.75) is 25.8 Å². The summed E-state index contributed by atoms with van der Waals surface area (Å²) >= 11 is 0. The molecule has 0 unspecified atom stereocenters. The van der Waals surface area contributed by atoms with Gasteiger partial charge in [-0.15, -0.1) is 0 Å². The Bertz CT molecular complexity index is 898. The van der Waals surface area contributed by atoms with Crippen molar-refractivity contribution in [3.63, 3.8) is 0 Å². The lowest BCUT2D eigenvalue weighted by Crippen LogP contribution is -2.32. The minimum atomic E-state index is -0.265. The van der Waals surface area contributed by atoms with E-state index in [-0.39, 0.29) is 11.6 Å². The number of benzene rings is 2. The molecule has 0 saturated heterocycles. The molecule has 3 nitrogen and oxygen atoms in total. The number of nitrogens with zero attached hydrogens (tertiary/aromatic N) is 1. The van der Waals surface area contributed by atoms with Gasteiger partial charge in [0.1, 0.15) is 11.6 Å². The lowest BCUT2D eigenvalue weighted by molar-refractivity contribution is -0.118. The van der Waals surface area contributed by atoms with Crippen LogP contribution in [0.3, 0.4) is 0 Å². The molecule has 0 radical (unpaired) electrons. The molecule has 0 fully saturated rings. The molecule has 1 N–H and O–H groups in total. The van der Waals surface area contributed by atoms with Crippen molar-refractivity contribution in [1.82, 2.24) is 9.88 Å². The SMILES string of the molecule is O=C(CCN1CCc2[nH]c3ccccc3c2C1)Cc1ccc(F)cc1. The summed E-state index contributed by atoms with van der Waals surface area (Å²) in [6.45, 7) is 2.64. The Morgan fingerprint density at radius 1 is 1.12 bits per heavy atom. The molecule has 3 aromatic rings. The molecule has 4 heteroatoms. The van der Waals surface area contributed by atoms with Crippen LogP contribution in [-0.2, 0) is 24.2 Å². The van der Waals surface area contributed by atoms with Crippen LogP contribution >= 0.6 is 0 Å². The predicted molar refractivity (Wildman–Crippen MR) is 97.0 cm³/mol. The Morgan fingerprint density at radius 3 is 2.76 bits per heavy atom. The molecular formula is C21H21FN2O. The molecule has 2 heterocycles. The van der Waals surface area contributed by atoms with Crippen LogP contribution in [0.25, 0.3) is 10.9 Å². The van der Waals surface area contributed by atoms with Gasteiger partial charge in [0.2, 0.25) is 0 Å². The predicted octanol–water partition coefficient (Wildman–Crippen LogP) is 3.87. The topological polar surface area (TPSA) is 36.1 Å². The third-order valence-electron chi connectivity index (χ3n) is 4.98. The number of nitrogens with one attached hydrogen (secondary N) is 1. The molecule has 0 atom stereocenters. The number of H-pyrrole nitrogens is 1. The fourth-order valence-electron chi connectivity index (χ4n) is 3.61. The Balaban J connectivity index is 1.36. The molecule has 0 saturated carbocycles. The second kappa shape index (κ2) is 6.81. The van der Waals surface area contributed by atoms with Crippen molar-refractivity contribution in [1.29, 1.82) is 0 Å². The largest absolute Gasteiger partial charge is 0.358 e. The van der Waals surface area contributed by atoms with Crippen molar-refractivity contribution in [2.75, 3.05) is 13.1 Å². The zero-order chi connectivity index (χ0) is 17.2. The van der Waals surface area contributed by atoms with Crippen LogP contribution in [0.4, 0.5) is 4.39 Å². The zero-order valence-electron chi connectivity index (χ0n) is 14.1. The first-order valence-corrected chi connectivity index (χ1v) is 8.76. The summed E-state index contributed by atoms with van der Waals surface area (Å²) in [6, 6.07) is 14.6. The normalized spacial score (nSPS) is 14.6. The van der Waals surface area contributed by atoms with Crippen LogP contribution in [0.1, 0.15) is 23.2 Å². The molecule has 0 spiro atoms. The van der Waals surface area contributed by atoms with Gasteiger partial charge in [0.05, 0.1) is 0 Å². The van der Waals surface area contributed by atoms with Crippen molar-refractivity contribution in [3.05, 3.63) is 71.2 Å². The quantitative estimate of drug-likeness (QED) is 0.768. The number of halogens is 1. The van der Waals surface area contributed by atoms with Gasteiger partial charge >= 0.3 is 0 Å². The first-order chi connectivity index (χ1) is 12.2. The van der Waals surface area contributed by atoms with E-state index in [4.69, 9.17) is 0 Å². The fraction of sp³-hybridized carbons (Fsp3) is 0.286. The van der Waals surface area contributed by atoms with Gasteiger partial charge < -0.3 is 4.98 Å². The molecule has 0 bridgehead atoms. The lowest BCUT2D eigenvalue weighted by Gasteiger charge is -2.26. The number of Topliss-reactive ketones (excluding diaryl/α,β-unsaturated/α-hetero) is 1. The van der Waals surface area contributed by atoms with Gasteiger partial charge in [-0.3, -0.25) is 9.69 Å². The molecule has 25 heavy (non-hydrogen) atoms. The Kier molecular flexibility index (Phi) is 4.36. The number of hydrogen-bond acceptors (Lipinski definition) is 2. The molecule has 2 aromatic carbocycles. The van der Waals surface area contributed by atoms with Crippen LogP contribution < -0.4 is 0 Å². The number of fused-ring (bicyclic) bond motifs is 3. The van der Waals surface area contributed by atoms with E-state index >= 15 is 0 Å². The average molecular weight is 336 g/mol. The molecule has 128 valence electrons. The average Bonchev–Trinajstić information content (AvgIpc) is 3.00. The number of ketones is 1. The van der Waals surface area contributed by atoms with E-state index in [0.29, 0.717) is 12.8 Å². The molecule has 1 aromatic heterocycles. The van der Waals surface area contributed by atoms with Crippen LogP contribution in [0.2, 0.25) is 0 Å². The van der Waals surface area contributed by atoms with E-state index < -0.39 is 0 Å². The summed E-state index contributed by atoms with van der Waals surface area (Å²) in [5.74, 6) is -0.0598. The van der Waals surface area contributed by atoms with Crippen LogP contribution in [-0.4, -0.2) is 28.8 Å². The maximum atomic E-state index is 12.9. The minimum absolute atomic E-state index is 0.205. The third kappa shape index (κ3) is 3.49. The molecule has 0 amide bonds. The van der Waals surface area contributed by atoms with Gasteiger partial charge in [-0.1, -0.05) is 30.3 Å². The second-order valence-corrected chi connectivity index (χ2v) is 6.75. The van der Waals surface area contributed by atoms with Gasteiger partial charge in [0.25, 0.3) is 0 Å². The van der Waals surface area contributed by atoms with E-state index in [0.717, 1.165) is 31.6 Å². The summed E-state index contributed by atoms with van der Waals surface area (Å²) in [6.07, 6.45) is 1.91. The van der Waals surface area contributed by atoms with E-state index in [9.17, 15) is 9.18 Å². The highest BCUT2D eigenvalue weighted by atomic mass is 19.1. The maximum Gasteiger partial charge on any atom is 0.138 e. The van der Waals surface area contributed by atoms with Gasteiger partial charge in [-0.05, 0) is 29.3 Å². The van der Waals surface area contributed by atoms with E-state index in [1.54, 1.807) is 12.1 Å². The van der Waals surface area contributed by atoms with Crippen molar-refractivity contribution in [3.8, 4) is 0 Å². The third-order valence-corrected chi connectivity index (χ3v) is 4.98. The molecule has 1 aliphatic rings. The summed E-state index contributed by atoms with van der Waals surface area (Å²) in [5, 5.41) is 1.29. The number of para-hydroxylation sites is 1. The van der Waals surface area contributed by atoms with Gasteiger partial charge in [0, 0.05) is 55.5 Å². The smallest absolute Gasteiger partial charge is 0.138 e. The van der Waals surface area contributed by atoms with Crippen LogP contribution in [0, 0.1) is 5.82 Å². The van der Waals surface area contributed by atoms with Crippen LogP contribution in [0.5, 0.6) is 0 Å². The number of rotatable bonds is 5. The monoisotopic (exact) mass is 336 g/mol. The van der Waals surface area contributed by atoms with Gasteiger partial charge in [0.15, 0.2) is 0 Å². The fourth-order valence-corrected chi connectivity index (χ4v) is 3.61. The Morgan fingerprint density at radius 2 is 1.92 bits per heavy atom. The highest BCUT2D eigenvalue weighted by Gasteiger charge is 2.20. The Labute approximate surface area is 146 Å². The van der Waals surface area contributed by atoms with Gasteiger partial charge in [-0.25, -0.2) is 4.39 Å². The Hall–Kier alpha value is -2.46. The standard InChI is InChI=1S/C21H21FN2O/c22-16-7-5-15(6-8-16)13-17(25)9-11-24-12-10-21-19(14-24)18-3-1-2-4-20(18)23-21/h1-8,23H,9-14H2. The number of hydrogen-bond donors (Lipinski definition) is 1. The van der Waals surface area contributed by atoms with E-state index in [1.807, 2.05) is 0 Å². The van der Waals surface area contributed by atoms with E-state index in [2.05, 4.69) is 34.1 Å². The number of carbonyl (C=O) groups is 1. The second-order valence-electron chi connectivity index (χ2n) is 6.75. The van der Waals surface area contributed by atoms with Crippen LogP contribution in [0.15, 0.2) is 48.5 Å². The lowest BCUT2D eigenvalue weighted by atomic mass is 10.0. The first-order valence-electron chi connectivity index (χ1n) is 8.76. The highest BCUT2D eigenvalue weighted by Crippen LogP contribution is 2.27. The summed E-state index contributed by atoms with van der Waals surface area (Å²) < 4.78 is 12.9. The number of aromatic amines is 1. The summed E-state index contributed by atoms with van der Waals surface area (Å²) in [4.78, 5) is 18.1. The maximum absolute atomic E-state index is 12.9. The number of aromatic nitrogens is 1. The van der Waals surface area contributed by atoms with Crippen molar-refractivity contribution in [2.24, 2.45) is 0 Å². The first kappa shape index (κ1) is 16.0. The summed E-state index contributed by atoms with van der Waals surface area (Å²) in [5.41, 5.74) is 4.77. The van der Waals surface area contributed by atoms with Gasteiger partial charge in [-0.2, -0.15) is 0 Å². The molecule has 1 aliphatic heterocycles. The van der Waals surface area contributed by atoms with Crippen molar-refractivity contribution < 1.29 is 9.18 Å². The highest BCUT2D eigenvalue weighted by molar-refractivity contribution is 5.85. The summed E-state index contributed by atoms with van der Waals surface area (Å²) in [7, 11) is 0.